The summed E-state index contributed by atoms with van der Waals surface area (Å²) in [6.45, 7) is 13.0. The fourth-order valence-corrected chi connectivity index (χ4v) is 5.87. The first-order chi connectivity index (χ1) is 14.0. The number of hydrogen-bond donors (Lipinski definition) is 0. The van der Waals surface area contributed by atoms with Crippen molar-refractivity contribution in [2.45, 2.75) is 52.4 Å². The number of benzene rings is 2. The van der Waals surface area contributed by atoms with Crippen molar-refractivity contribution in [3.8, 4) is 0 Å². The van der Waals surface area contributed by atoms with Crippen molar-refractivity contribution < 1.29 is 9.59 Å². The van der Waals surface area contributed by atoms with Gasteiger partial charge < -0.3 is 0 Å². The third kappa shape index (κ3) is 3.72. The van der Waals surface area contributed by atoms with E-state index in [9.17, 15) is 9.59 Å². The number of fused-ring (bicyclic) bond motifs is 1. The number of rotatable bonds is 2. The van der Waals surface area contributed by atoms with Crippen LogP contribution in [0, 0.1) is 0 Å². The van der Waals surface area contributed by atoms with Crippen LogP contribution in [0.15, 0.2) is 59.7 Å². The highest BCUT2D eigenvalue weighted by Crippen LogP contribution is 2.55. The standard InChI is InChI=1S/C26H26O2S2/c1-25(2,3)17-11-7-15(8-12-17)21-19-20(24(28)29-21)22(30-23(19)27)16-9-13-18(14-10-16)26(4,5)6/h7-14H,1-6H3. The minimum atomic E-state index is -0.0341. The molecule has 30 heavy (non-hydrogen) atoms. The molecule has 0 bridgehead atoms. The van der Waals surface area contributed by atoms with Crippen LogP contribution in [-0.2, 0) is 20.4 Å². The molecule has 0 unspecified atom stereocenters. The first-order valence-electron chi connectivity index (χ1n) is 10.1. The van der Waals surface area contributed by atoms with E-state index in [1.165, 1.54) is 34.7 Å². The lowest BCUT2D eigenvalue weighted by atomic mass is 9.86. The van der Waals surface area contributed by atoms with Crippen LogP contribution in [0.3, 0.4) is 0 Å². The average molecular weight is 435 g/mol. The van der Waals surface area contributed by atoms with Gasteiger partial charge in [-0.3, -0.25) is 9.59 Å². The van der Waals surface area contributed by atoms with Crippen molar-refractivity contribution in [2.24, 2.45) is 0 Å². The molecule has 0 radical (unpaired) electrons. The Morgan fingerprint density at radius 3 is 1.10 bits per heavy atom. The quantitative estimate of drug-likeness (QED) is 0.512. The number of carbonyl (C=O) groups is 2. The second-order valence-corrected chi connectivity index (χ2v) is 11.8. The van der Waals surface area contributed by atoms with Gasteiger partial charge in [0.15, 0.2) is 0 Å². The first-order valence-corrected chi connectivity index (χ1v) is 11.8. The van der Waals surface area contributed by atoms with Crippen LogP contribution in [0.1, 0.15) is 63.8 Å². The molecular weight excluding hydrogens is 408 g/mol. The van der Waals surface area contributed by atoms with Gasteiger partial charge in [-0.1, -0.05) is 90.1 Å². The molecule has 2 heterocycles. The highest BCUT2D eigenvalue weighted by atomic mass is 32.2. The Hall–Kier alpha value is -2.04. The van der Waals surface area contributed by atoms with Gasteiger partial charge in [0.1, 0.15) is 0 Å². The van der Waals surface area contributed by atoms with Crippen LogP contribution in [0.25, 0.3) is 9.81 Å². The van der Waals surface area contributed by atoms with Gasteiger partial charge in [0.2, 0.25) is 10.2 Å². The lowest BCUT2D eigenvalue weighted by molar-refractivity contribution is -0.109. The van der Waals surface area contributed by atoms with E-state index in [0.29, 0.717) is 11.1 Å². The van der Waals surface area contributed by atoms with E-state index < -0.39 is 0 Å². The van der Waals surface area contributed by atoms with Gasteiger partial charge in [0.05, 0.1) is 11.1 Å². The van der Waals surface area contributed by atoms with Crippen LogP contribution in [0.4, 0.5) is 0 Å². The molecule has 0 spiro atoms. The average Bonchev–Trinajstić information content (AvgIpc) is 3.19. The van der Waals surface area contributed by atoms with Crippen molar-refractivity contribution in [3.63, 3.8) is 0 Å². The second kappa shape index (κ2) is 7.28. The minimum Gasteiger partial charge on any atom is -0.281 e. The molecule has 2 nitrogen and oxygen atoms in total. The molecule has 0 saturated heterocycles. The van der Waals surface area contributed by atoms with Gasteiger partial charge in [-0.2, -0.15) is 0 Å². The van der Waals surface area contributed by atoms with Crippen LogP contribution < -0.4 is 0 Å². The molecule has 0 aliphatic carbocycles. The Morgan fingerprint density at radius 2 is 0.833 bits per heavy atom. The summed E-state index contributed by atoms with van der Waals surface area (Å²) in [5.74, 6) is 0. The van der Waals surface area contributed by atoms with Gasteiger partial charge in [-0.15, -0.1) is 0 Å². The molecule has 2 aliphatic rings. The molecular formula is C26H26O2S2. The van der Waals surface area contributed by atoms with E-state index in [1.54, 1.807) is 0 Å². The number of hydrogen-bond acceptors (Lipinski definition) is 4. The van der Waals surface area contributed by atoms with Crippen LogP contribution in [0.2, 0.25) is 0 Å². The molecule has 0 fully saturated rings. The molecule has 2 aromatic carbocycles. The third-order valence-electron chi connectivity index (χ3n) is 5.53. The molecule has 0 atom stereocenters. The lowest BCUT2D eigenvalue weighted by Gasteiger charge is -2.19. The van der Waals surface area contributed by atoms with Crippen molar-refractivity contribution in [1.29, 1.82) is 0 Å². The van der Waals surface area contributed by atoms with Gasteiger partial charge in [0.25, 0.3) is 0 Å². The molecule has 0 saturated carbocycles. The van der Waals surface area contributed by atoms with E-state index in [-0.39, 0.29) is 21.1 Å². The molecule has 154 valence electrons. The van der Waals surface area contributed by atoms with Crippen LogP contribution in [-0.4, -0.2) is 10.2 Å². The summed E-state index contributed by atoms with van der Waals surface area (Å²) in [7, 11) is 0. The Kier molecular flexibility index (Phi) is 5.14. The minimum absolute atomic E-state index is 0.0341. The lowest BCUT2D eigenvalue weighted by Crippen LogP contribution is -2.10. The summed E-state index contributed by atoms with van der Waals surface area (Å²) in [6.07, 6.45) is 0. The SMILES string of the molecule is CC(C)(C)c1ccc(C2=C3C(=O)SC(c4ccc(C(C)(C)C)cc4)=C3C(=O)S2)cc1. The van der Waals surface area contributed by atoms with Gasteiger partial charge >= 0.3 is 0 Å². The molecule has 0 amide bonds. The third-order valence-corrected chi connectivity index (χ3v) is 7.60. The predicted molar refractivity (Wildman–Crippen MR) is 129 cm³/mol. The molecule has 2 aromatic rings. The van der Waals surface area contributed by atoms with Gasteiger partial charge in [-0.25, -0.2) is 0 Å². The van der Waals surface area contributed by atoms with E-state index >= 15 is 0 Å². The smallest absolute Gasteiger partial charge is 0.226 e. The van der Waals surface area contributed by atoms with Crippen molar-refractivity contribution in [2.75, 3.05) is 0 Å². The number of carbonyl (C=O) groups excluding carboxylic acids is 2. The molecule has 4 heteroatoms. The summed E-state index contributed by atoms with van der Waals surface area (Å²) in [4.78, 5) is 27.4. The topological polar surface area (TPSA) is 34.1 Å². The molecule has 2 aliphatic heterocycles. The normalized spacial score (nSPS) is 17.3. The fourth-order valence-electron chi connectivity index (χ4n) is 3.66. The largest absolute Gasteiger partial charge is 0.281 e. The molecule has 4 rings (SSSR count). The highest BCUT2D eigenvalue weighted by Gasteiger charge is 2.42. The zero-order chi connectivity index (χ0) is 21.8. The second-order valence-electron chi connectivity index (χ2n) is 9.84. The van der Waals surface area contributed by atoms with Crippen LogP contribution in [0.5, 0.6) is 0 Å². The van der Waals surface area contributed by atoms with E-state index in [1.807, 2.05) is 24.3 Å². The summed E-state index contributed by atoms with van der Waals surface area (Å²) in [5.41, 5.74) is 5.61. The Balaban J connectivity index is 1.77. The first kappa shape index (κ1) is 21.2. The summed E-state index contributed by atoms with van der Waals surface area (Å²) >= 11 is 2.36. The van der Waals surface area contributed by atoms with Crippen molar-refractivity contribution >= 4 is 43.6 Å². The predicted octanol–water partition coefficient (Wildman–Crippen LogP) is 6.95. The maximum absolute atomic E-state index is 12.9. The highest BCUT2D eigenvalue weighted by molar-refractivity contribution is 8.25. The Bertz CT molecular complexity index is 1010. The monoisotopic (exact) mass is 434 g/mol. The fraction of sp³-hybridized carbons (Fsp3) is 0.308. The maximum atomic E-state index is 12.9. The Morgan fingerprint density at radius 1 is 0.533 bits per heavy atom. The van der Waals surface area contributed by atoms with E-state index in [2.05, 4.69) is 65.8 Å². The van der Waals surface area contributed by atoms with Crippen LogP contribution >= 0.6 is 23.5 Å². The Labute approximate surface area is 187 Å². The maximum Gasteiger partial charge on any atom is 0.226 e. The number of thioether (sulfide) groups is 2. The van der Waals surface area contributed by atoms with E-state index in [0.717, 1.165) is 20.9 Å². The van der Waals surface area contributed by atoms with Gasteiger partial charge in [-0.05, 0) is 56.6 Å². The van der Waals surface area contributed by atoms with Crippen molar-refractivity contribution in [1.82, 2.24) is 0 Å². The molecule has 0 aromatic heterocycles. The summed E-state index contributed by atoms with van der Waals surface area (Å²) in [5, 5.41) is -0.0682. The van der Waals surface area contributed by atoms with E-state index in [4.69, 9.17) is 0 Å². The zero-order valence-corrected chi connectivity index (χ0v) is 19.9. The van der Waals surface area contributed by atoms with Crippen molar-refractivity contribution in [3.05, 3.63) is 81.9 Å². The zero-order valence-electron chi connectivity index (χ0n) is 18.3. The molecule has 0 N–H and O–H groups in total. The van der Waals surface area contributed by atoms with Gasteiger partial charge in [0, 0.05) is 9.81 Å². The summed E-state index contributed by atoms with van der Waals surface area (Å²) < 4.78 is 0. The summed E-state index contributed by atoms with van der Waals surface area (Å²) in [6, 6.07) is 16.5.